The summed E-state index contributed by atoms with van der Waals surface area (Å²) in [6.07, 6.45) is 12.4. The predicted molar refractivity (Wildman–Crippen MR) is 132 cm³/mol. The van der Waals surface area contributed by atoms with Gasteiger partial charge in [0, 0.05) is 11.8 Å². The molecule has 0 aromatic carbocycles. The monoisotopic (exact) mass is 454 g/mol. The molecule has 0 saturated heterocycles. The van der Waals surface area contributed by atoms with E-state index in [1.165, 1.54) is 18.4 Å². The van der Waals surface area contributed by atoms with Crippen LogP contribution in [0.15, 0.2) is 11.6 Å². The van der Waals surface area contributed by atoms with E-state index in [1.807, 2.05) is 0 Å². The average molecular weight is 455 g/mol. The number of hydrogen-bond acceptors (Lipinski definition) is 2. The van der Waals surface area contributed by atoms with Crippen molar-refractivity contribution < 1.29 is 14.7 Å². The molecule has 0 bridgehead atoms. The third kappa shape index (κ3) is 2.80. The smallest absolute Gasteiger partial charge is 0.313 e. The van der Waals surface area contributed by atoms with Crippen LogP contribution in [0.3, 0.4) is 0 Å². The molecule has 0 aromatic heterocycles. The van der Waals surface area contributed by atoms with Crippen LogP contribution in [0.1, 0.15) is 113 Å². The molecule has 3 heteroatoms. The highest BCUT2D eigenvalue weighted by Gasteiger charge is 2.69. The van der Waals surface area contributed by atoms with Gasteiger partial charge in [-0.25, -0.2) is 0 Å². The number of aliphatic carboxylic acids is 1. The predicted octanol–water partition coefficient (Wildman–Crippen LogP) is 7.44. The average Bonchev–Trinajstić information content (AvgIpc) is 2.71. The van der Waals surface area contributed by atoms with Crippen LogP contribution in [0.25, 0.3) is 0 Å². The van der Waals surface area contributed by atoms with E-state index >= 15 is 0 Å². The van der Waals surface area contributed by atoms with Crippen LogP contribution >= 0.6 is 0 Å². The molecule has 184 valence electrons. The van der Waals surface area contributed by atoms with Crippen molar-refractivity contribution in [1.82, 2.24) is 0 Å². The van der Waals surface area contributed by atoms with Gasteiger partial charge in [0.2, 0.25) is 0 Å². The van der Waals surface area contributed by atoms with Crippen molar-refractivity contribution >= 4 is 11.8 Å². The summed E-state index contributed by atoms with van der Waals surface area (Å²) >= 11 is 0. The van der Waals surface area contributed by atoms with Gasteiger partial charge in [-0.05, 0) is 97.2 Å². The van der Waals surface area contributed by atoms with Crippen LogP contribution in [0.2, 0.25) is 0 Å². The maximum Gasteiger partial charge on any atom is 0.313 e. The molecule has 0 aliphatic heterocycles. The van der Waals surface area contributed by atoms with Crippen LogP contribution in [0.4, 0.5) is 0 Å². The molecule has 0 radical (unpaired) electrons. The van der Waals surface area contributed by atoms with E-state index in [-0.39, 0.29) is 27.1 Å². The van der Waals surface area contributed by atoms with E-state index in [9.17, 15) is 14.7 Å². The van der Waals surface area contributed by atoms with Crippen molar-refractivity contribution in [1.29, 1.82) is 0 Å². The largest absolute Gasteiger partial charge is 0.481 e. The van der Waals surface area contributed by atoms with E-state index in [0.29, 0.717) is 23.5 Å². The number of rotatable bonds is 1. The maximum absolute atomic E-state index is 12.9. The van der Waals surface area contributed by atoms with Crippen LogP contribution < -0.4 is 0 Å². The van der Waals surface area contributed by atoms with Crippen molar-refractivity contribution in [3.05, 3.63) is 11.6 Å². The molecule has 0 amide bonds. The van der Waals surface area contributed by atoms with Gasteiger partial charge >= 0.3 is 5.97 Å². The Bertz CT molecular complexity index is 927. The fourth-order valence-corrected chi connectivity index (χ4v) is 10.5. The van der Waals surface area contributed by atoms with Crippen molar-refractivity contribution in [2.24, 2.45) is 50.2 Å². The van der Waals surface area contributed by atoms with E-state index in [2.05, 4.69) is 54.5 Å². The third-order valence-corrected chi connectivity index (χ3v) is 12.8. The number of allylic oxidation sites excluding steroid dienone is 1. The molecule has 0 aromatic rings. The van der Waals surface area contributed by atoms with Gasteiger partial charge in [0.1, 0.15) is 5.78 Å². The first-order valence-electron chi connectivity index (χ1n) is 13.6. The Morgan fingerprint density at radius 1 is 0.818 bits per heavy atom. The first kappa shape index (κ1) is 23.6. The van der Waals surface area contributed by atoms with Gasteiger partial charge in [0.25, 0.3) is 0 Å². The molecule has 5 aliphatic rings. The minimum absolute atomic E-state index is 0.0850. The van der Waals surface area contributed by atoms with Crippen LogP contribution in [0, 0.1) is 50.2 Å². The maximum atomic E-state index is 12.9. The highest BCUT2D eigenvalue weighted by atomic mass is 16.4. The zero-order valence-corrected chi connectivity index (χ0v) is 22.1. The number of carbonyl (C=O) groups excluding carboxylic acids is 1. The van der Waals surface area contributed by atoms with Crippen molar-refractivity contribution in [3.8, 4) is 0 Å². The fraction of sp³-hybridized carbons (Fsp3) is 0.867. The molecule has 5 aliphatic carbocycles. The molecule has 5 rings (SSSR count). The Kier molecular flexibility index (Phi) is 4.83. The van der Waals surface area contributed by atoms with Gasteiger partial charge in [-0.15, -0.1) is 0 Å². The third-order valence-electron chi connectivity index (χ3n) is 12.8. The van der Waals surface area contributed by atoms with Gasteiger partial charge in [-0.1, -0.05) is 60.1 Å². The molecule has 0 spiro atoms. The molecule has 33 heavy (non-hydrogen) atoms. The number of carbonyl (C=O) groups is 2. The summed E-state index contributed by atoms with van der Waals surface area (Å²) in [5.74, 6) is 1.35. The van der Waals surface area contributed by atoms with Gasteiger partial charge in [0.15, 0.2) is 0 Å². The second kappa shape index (κ2) is 6.76. The Morgan fingerprint density at radius 2 is 1.48 bits per heavy atom. The summed E-state index contributed by atoms with van der Waals surface area (Å²) in [4.78, 5) is 25.6. The summed E-state index contributed by atoms with van der Waals surface area (Å²) in [6.45, 7) is 16.6. The van der Waals surface area contributed by atoms with Gasteiger partial charge in [-0.2, -0.15) is 0 Å². The SMILES string of the molecule is CC1(C)C=C2[C@H]3CCC4[C@@]5(C)CCC(=O)C(C)(C)C5CC[C@@]4(C)[C@]3(C)CC[C@@]2(C(=O)O)CC1. The number of carboxylic acid groups (broad SMARTS) is 1. The quantitative estimate of drug-likeness (QED) is 0.419. The Morgan fingerprint density at radius 3 is 2.15 bits per heavy atom. The number of ketones is 1. The highest BCUT2D eigenvalue weighted by Crippen LogP contribution is 2.76. The van der Waals surface area contributed by atoms with Gasteiger partial charge in [0.05, 0.1) is 5.41 Å². The minimum atomic E-state index is -0.636. The molecular weight excluding hydrogens is 408 g/mol. The second-order valence-electron chi connectivity index (χ2n) is 14.7. The molecule has 4 saturated carbocycles. The molecule has 4 fully saturated rings. The zero-order valence-electron chi connectivity index (χ0n) is 22.1. The lowest BCUT2D eigenvalue weighted by Crippen LogP contribution is -2.65. The van der Waals surface area contributed by atoms with Gasteiger partial charge < -0.3 is 5.11 Å². The molecule has 1 N–H and O–H groups in total. The molecule has 7 atom stereocenters. The highest BCUT2D eigenvalue weighted by molar-refractivity contribution is 5.85. The lowest BCUT2D eigenvalue weighted by Gasteiger charge is -2.71. The lowest BCUT2D eigenvalue weighted by molar-refractivity contribution is -0.213. The summed E-state index contributed by atoms with van der Waals surface area (Å²) in [5.41, 5.74) is 1.06. The summed E-state index contributed by atoms with van der Waals surface area (Å²) < 4.78 is 0. The van der Waals surface area contributed by atoms with E-state index in [1.54, 1.807) is 0 Å². The number of hydrogen-bond donors (Lipinski definition) is 1. The van der Waals surface area contributed by atoms with E-state index < -0.39 is 11.4 Å². The number of fused-ring (bicyclic) bond motifs is 7. The molecule has 2 unspecified atom stereocenters. The first-order valence-corrected chi connectivity index (χ1v) is 13.6. The lowest BCUT2D eigenvalue weighted by atomic mass is 9.32. The van der Waals surface area contributed by atoms with Crippen molar-refractivity contribution in [2.45, 2.75) is 113 Å². The van der Waals surface area contributed by atoms with Crippen molar-refractivity contribution in [3.63, 3.8) is 0 Å². The normalized spacial score (nSPS) is 50.2. The standard InChI is InChI=1S/C30H46O3/c1-25(2)14-16-30(24(32)33)17-15-28(6)19(20(30)18-25)8-9-22-27(5)12-11-23(31)26(3,4)21(27)10-13-29(22,28)7/h18-19,21-22H,8-17H2,1-7H3,(H,32,33)/t19-,21?,22?,27+,28-,29-,30+/m1/s1. The Hall–Kier alpha value is -1.12. The summed E-state index contributed by atoms with van der Waals surface area (Å²) in [5, 5.41) is 10.5. The van der Waals surface area contributed by atoms with Crippen LogP contribution in [-0.2, 0) is 9.59 Å². The topological polar surface area (TPSA) is 54.4 Å². The van der Waals surface area contributed by atoms with Crippen LogP contribution in [-0.4, -0.2) is 16.9 Å². The summed E-state index contributed by atoms with van der Waals surface area (Å²) in [6, 6.07) is 0. The Balaban J connectivity index is 1.59. The minimum Gasteiger partial charge on any atom is -0.481 e. The zero-order chi connectivity index (χ0) is 24.2. The first-order chi connectivity index (χ1) is 15.1. The van der Waals surface area contributed by atoms with E-state index in [4.69, 9.17) is 0 Å². The van der Waals surface area contributed by atoms with Crippen molar-refractivity contribution in [2.75, 3.05) is 0 Å². The Labute approximate surface area is 201 Å². The van der Waals surface area contributed by atoms with Gasteiger partial charge in [-0.3, -0.25) is 9.59 Å². The number of carboxylic acids is 1. The van der Waals surface area contributed by atoms with E-state index in [0.717, 1.165) is 51.4 Å². The molecule has 3 nitrogen and oxygen atoms in total. The fourth-order valence-electron chi connectivity index (χ4n) is 10.5. The molecular formula is C30H46O3. The second-order valence-corrected chi connectivity index (χ2v) is 14.7. The summed E-state index contributed by atoms with van der Waals surface area (Å²) in [7, 11) is 0. The number of Topliss-reactive ketones (excluding diaryl/α,β-unsaturated/α-hetero) is 1. The van der Waals surface area contributed by atoms with Crippen LogP contribution in [0.5, 0.6) is 0 Å². The molecule has 0 heterocycles.